The van der Waals surface area contributed by atoms with Crippen molar-refractivity contribution in [3.05, 3.63) is 46.6 Å². The first-order valence-electron chi connectivity index (χ1n) is 7.55. The number of hydrogen-bond donors (Lipinski definition) is 3. The number of carboxylic acid groups (broad SMARTS) is 1. The molecule has 0 bridgehead atoms. The number of aliphatic carboxylic acids is 1. The average molecular weight is 351 g/mol. The highest BCUT2D eigenvalue weighted by molar-refractivity contribution is 6.32. The van der Waals surface area contributed by atoms with Crippen molar-refractivity contribution in [2.24, 2.45) is 0 Å². The van der Waals surface area contributed by atoms with E-state index >= 15 is 0 Å². The van der Waals surface area contributed by atoms with Gasteiger partial charge in [0.05, 0.1) is 6.04 Å². The molecule has 2 aliphatic heterocycles. The lowest BCUT2D eigenvalue weighted by atomic mass is 9.86. The van der Waals surface area contributed by atoms with Crippen molar-refractivity contribution in [1.82, 2.24) is 10.2 Å². The number of fused-ring (bicyclic) bond motifs is 1. The van der Waals surface area contributed by atoms with Crippen LogP contribution in [0.5, 0.6) is 0 Å². The number of quaternary nitrogens is 1. The van der Waals surface area contributed by atoms with Crippen LogP contribution < -0.4 is 11.1 Å². The highest BCUT2D eigenvalue weighted by atomic mass is 35.5. The molecule has 8 heteroatoms. The molecule has 0 radical (unpaired) electrons. The quantitative estimate of drug-likeness (QED) is 0.663. The molecule has 1 aromatic carbocycles. The second kappa shape index (κ2) is 6.26. The molecule has 2 heterocycles. The van der Waals surface area contributed by atoms with Gasteiger partial charge in [0.15, 0.2) is 6.04 Å². The van der Waals surface area contributed by atoms with E-state index in [2.05, 4.69) is 11.1 Å². The van der Waals surface area contributed by atoms with Crippen molar-refractivity contribution in [1.29, 1.82) is 0 Å². The van der Waals surface area contributed by atoms with E-state index in [0.717, 1.165) is 5.56 Å². The van der Waals surface area contributed by atoms with Gasteiger partial charge in [-0.05, 0) is 12.8 Å². The maximum absolute atomic E-state index is 12.3. The molecule has 0 spiro atoms. The van der Waals surface area contributed by atoms with E-state index in [9.17, 15) is 19.5 Å². The summed E-state index contributed by atoms with van der Waals surface area (Å²) in [6.45, 7) is 0. The molecule has 2 amide bonds. The molecule has 24 heavy (non-hydrogen) atoms. The number of amides is 2. The van der Waals surface area contributed by atoms with Crippen LogP contribution in [0.2, 0.25) is 0 Å². The number of β-lactam (4-membered cyclic amide) rings is 1. The minimum atomic E-state index is -1.23. The van der Waals surface area contributed by atoms with Gasteiger partial charge in [-0.1, -0.05) is 41.9 Å². The monoisotopic (exact) mass is 350 g/mol. The zero-order chi connectivity index (χ0) is 17.4. The van der Waals surface area contributed by atoms with Crippen molar-refractivity contribution >= 4 is 29.4 Å². The fourth-order valence-electron chi connectivity index (χ4n) is 3.11. The molecule has 0 unspecified atom stereocenters. The number of rotatable bonds is 4. The van der Waals surface area contributed by atoms with Gasteiger partial charge in [-0.15, -0.1) is 0 Å². The van der Waals surface area contributed by atoms with Crippen LogP contribution in [0.3, 0.4) is 0 Å². The lowest BCUT2D eigenvalue weighted by Crippen LogP contribution is -2.73. The number of carbonyl (C=O) groups excluding carboxylic acids is 2. The second-order valence-corrected chi connectivity index (χ2v) is 6.28. The van der Waals surface area contributed by atoms with Gasteiger partial charge in [0.25, 0.3) is 11.8 Å². The summed E-state index contributed by atoms with van der Waals surface area (Å²) in [7, 11) is 0. The SMILES string of the molecule is [NH3+][C@@H](C(=O)N[C@@H]1C(=O)N2C(C(=O)O)=C(Cl)CC[C@H]12)c1ccccc1. The molecular formula is C16H17ClN3O4+. The van der Waals surface area contributed by atoms with Gasteiger partial charge in [-0.25, -0.2) is 4.79 Å². The van der Waals surface area contributed by atoms with Crippen LogP contribution in [0.1, 0.15) is 24.4 Å². The van der Waals surface area contributed by atoms with Crippen molar-refractivity contribution in [3.8, 4) is 0 Å². The summed E-state index contributed by atoms with van der Waals surface area (Å²) in [5.41, 5.74) is 4.41. The Morgan fingerprint density at radius 1 is 1.33 bits per heavy atom. The van der Waals surface area contributed by atoms with Crippen molar-refractivity contribution in [2.45, 2.75) is 31.0 Å². The summed E-state index contributed by atoms with van der Waals surface area (Å²) in [5.74, 6) is -2.05. The first-order valence-corrected chi connectivity index (χ1v) is 7.93. The lowest BCUT2D eigenvalue weighted by Gasteiger charge is -2.49. The molecule has 5 N–H and O–H groups in total. The van der Waals surface area contributed by atoms with Gasteiger partial charge in [-0.3, -0.25) is 14.5 Å². The van der Waals surface area contributed by atoms with E-state index in [1.54, 1.807) is 12.1 Å². The van der Waals surface area contributed by atoms with Crippen molar-refractivity contribution in [3.63, 3.8) is 0 Å². The van der Waals surface area contributed by atoms with Crippen LogP contribution in [0, 0.1) is 0 Å². The van der Waals surface area contributed by atoms with E-state index in [1.165, 1.54) is 4.90 Å². The molecule has 7 nitrogen and oxygen atoms in total. The molecule has 3 rings (SSSR count). The number of carboxylic acids is 1. The van der Waals surface area contributed by atoms with Gasteiger partial charge in [0.1, 0.15) is 11.7 Å². The molecule has 1 saturated heterocycles. The molecule has 126 valence electrons. The van der Waals surface area contributed by atoms with Crippen molar-refractivity contribution in [2.75, 3.05) is 0 Å². The average Bonchev–Trinajstić information content (AvgIpc) is 2.59. The molecule has 1 aromatic rings. The summed E-state index contributed by atoms with van der Waals surface area (Å²) >= 11 is 5.93. The Bertz CT molecular complexity index is 734. The van der Waals surface area contributed by atoms with Crippen LogP contribution in [0.4, 0.5) is 0 Å². The maximum atomic E-state index is 12.3. The van der Waals surface area contributed by atoms with E-state index in [4.69, 9.17) is 11.6 Å². The zero-order valence-corrected chi connectivity index (χ0v) is 13.5. The van der Waals surface area contributed by atoms with Crippen LogP contribution in [0.25, 0.3) is 0 Å². The Hall–Kier alpha value is -2.38. The zero-order valence-electron chi connectivity index (χ0n) is 12.7. The van der Waals surface area contributed by atoms with E-state index in [1.807, 2.05) is 18.2 Å². The number of carbonyl (C=O) groups is 3. The van der Waals surface area contributed by atoms with Gasteiger partial charge >= 0.3 is 5.97 Å². The topological polar surface area (TPSA) is 114 Å². The molecule has 0 aromatic heterocycles. The number of nitrogens with one attached hydrogen (secondary N) is 1. The third-order valence-corrected chi connectivity index (χ3v) is 4.76. The minimum Gasteiger partial charge on any atom is -0.477 e. The molecule has 0 aliphatic carbocycles. The molecule has 2 aliphatic rings. The normalized spacial score (nSPS) is 24.1. The summed E-state index contributed by atoms with van der Waals surface area (Å²) in [4.78, 5) is 37.1. The molecular weight excluding hydrogens is 334 g/mol. The predicted octanol–water partition coefficient (Wildman–Crippen LogP) is -0.00600. The molecule has 1 fully saturated rings. The summed E-state index contributed by atoms with van der Waals surface area (Å²) < 4.78 is 0. The molecule has 0 saturated carbocycles. The summed E-state index contributed by atoms with van der Waals surface area (Å²) in [5, 5.41) is 12.1. The largest absolute Gasteiger partial charge is 0.477 e. The standard InChI is InChI=1S/C16H16ClN3O4/c17-9-6-7-10-12(15(22)20(10)13(9)16(23)24)19-14(21)11(18)8-4-2-1-3-5-8/h1-5,10-12H,6-7,18H2,(H,19,21)(H,23,24)/p+1/t10-,11-,12+/m1/s1. The number of halogens is 1. The third kappa shape index (κ3) is 2.65. The van der Waals surface area contributed by atoms with Gasteiger partial charge in [-0.2, -0.15) is 0 Å². The van der Waals surface area contributed by atoms with Crippen LogP contribution in [0.15, 0.2) is 41.1 Å². The van der Waals surface area contributed by atoms with Gasteiger partial charge < -0.3 is 16.2 Å². The minimum absolute atomic E-state index is 0.163. The number of benzene rings is 1. The Kier molecular flexibility index (Phi) is 4.29. The number of hydrogen-bond acceptors (Lipinski definition) is 3. The van der Waals surface area contributed by atoms with Crippen LogP contribution in [-0.4, -0.2) is 39.9 Å². The van der Waals surface area contributed by atoms with E-state index in [-0.39, 0.29) is 22.7 Å². The van der Waals surface area contributed by atoms with Gasteiger partial charge in [0, 0.05) is 10.6 Å². The lowest BCUT2D eigenvalue weighted by molar-refractivity contribution is -0.409. The third-order valence-electron chi connectivity index (χ3n) is 4.40. The van der Waals surface area contributed by atoms with Gasteiger partial charge in [0.2, 0.25) is 0 Å². The Labute approximate surface area is 143 Å². The predicted molar refractivity (Wildman–Crippen MR) is 84.4 cm³/mol. The Morgan fingerprint density at radius 3 is 2.62 bits per heavy atom. The summed E-state index contributed by atoms with van der Waals surface area (Å²) in [6, 6.07) is 7.29. The highest BCUT2D eigenvalue weighted by Crippen LogP contribution is 2.38. The van der Waals surface area contributed by atoms with Crippen LogP contribution >= 0.6 is 11.6 Å². The number of allylic oxidation sites excluding steroid dienone is 1. The Morgan fingerprint density at radius 2 is 2.00 bits per heavy atom. The smallest absolute Gasteiger partial charge is 0.353 e. The fourth-order valence-corrected chi connectivity index (χ4v) is 3.39. The van der Waals surface area contributed by atoms with E-state index < -0.39 is 24.0 Å². The molecule has 3 atom stereocenters. The first kappa shape index (κ1) is 16.5. The van der Waals surface area contributed by atoms with E-state index in [0.29, 0.717) is 12.8 Å². The highest BCUT2D eigenvalue weighted by Gasteiger charge is 2.53. The van der Waals surface area contributed by atoms with Crippen LogP contribution in [-0.2, 0) is 14.4 Å². The fraction of sp³-hybridized carbons (Fsp3) is 0.312. The Balaban J connectivity index is 1.71. The maximum Gasteiger partial charge on any atom is 0.353 e. The van der Waals surface area contributed by atoms with Crippen molar-refractivity contribution < 1.29 is 25.2 Å². The second-order valence-electron chi connectivity index (χ2n) is 5.82. The first-order chi connectivity index (χ1) is 11.4. The number of nitrogens with zero attached hydrogens (tertiary/aromatic N) is 1. The summed E-state index contributed by atoms with van der Waals surface area (Å²) in [6.07, 6.45) is 0.885.